The van der Waals surface area contributed by atoms with Crippen LogP contribution >= 0.6 is 24.8 Å². The van der Waals surface area contributed by atoms with Gasteiger partial charge < -0.3 is 5.73 Å². The van der Waals surface area contributed by atoms with Crippen LogP contribution in [0, 0.1) is 6.92 Å². The number of nitrogen functional groups attached to an aromatic ring is 1. The fourth-order valence-electron chi connectivity index (χ4n) is 3.13. The third-order valence-electron chi connectivity index (χ3n) is 4.23. The van der Waals surface area contributed by atoms with Crippen LogP contribution in [0.2, 0.25) is 0 Å². The molecular formula is C18H17Cl2N3. The first-order valence-electron chi connectivity index (χ1n) is 6.97. The van der Waals surface area contributed by atoms with Crippen LogP contribution in [0.4, 0.5) is 5.82 Å². The first kappa shape index (κ1) is 17.3. The number of nitrogens with two attached hydrogens (primary N) is 1. The van der Waals surface area contributed by atoms with Crippen LogP contribution in [0.5, 0.6) is 0 Å². The van der Waals surface area contributed by atoms with Crippen molar-refractivity contribution >= 4 is 47.7 Å². The van der Waals surface area contributed by atoms with Gasteiger partial charge in [0.15, 0.2) is 0 Å². The van der Waals surface area contributed by atoms with Crippen molar-refractivity contribution in [3.8, 4) is 0 Å². The Balaban J connectivity index is 0.000000960. The number of allylic oxidation sites excluding steroid dienone is 5. The maximum absolute atomic E-state index is 5.88. The van der Waals surface area contributed by atoms with E-state index in [-0.39, 0.29) is 30.2 Å². The van der Waals surface area contributed by atoms with Gasteiger partial charge in [-0.1, -0.05) is 36.4 Å². The topological polar surface area (TPSA) is 51.3 Å². The molecule has 5 heteroatoms. The molecule has 0 radical (unpaired) electrons. The number of hydrogen-bond acceptors (Lipinski definition) is 3. The first-order chi connectivity index (χ1) is 10.2. The van der Waals surface area contributed by atoms with Crippen LogP contribution in [0.1, 0.15) is 11.1 Å². The number of fused-ring (bicyclic) bond motifs is 2. The molecule has 23 heavy (non-hydrogen) atoms. The molecule has 1 aromatic heterocycles. The van der Waals surface area contributed by atoms with Crippen molar-refractivity contribution in [2.24, 2.45) is 4.99 Å². The zero-order valence-electron chi connectivity index (χ0n) is 12.6. The number of nitrogens with zero attached hydrogens (tertiary/aromatic N) is 2. The van der Waals surface area contributed by atoms with Crippen molar-refractivity contribution in [2.75, 3.05) is 5.73 Å². The Bertz CT molecular complexity index is 881. The second-order valence-electron chi connectivity index (χ2n) is 5.55. The zero-order valence-corrected chi connectivity index (χ0v) is 14.2. The lowest BCUT2D eigenvalue weighted by Gasteiger charge is -2.27. The van der Waals surface area contributed by atoms with Gasteiger partial charge in [-0.15, -0.1) is 24.8 Å². The molecule has 1 aliphatic heterocycles. The number of anilines is 1. The molecule has 2 aliphatic rings. The average Bonchev–Trinajstić information content (AvgIpc) is 2.91. The second kappa shape index (κ2) is 6.19. The minimum Gasteiger partial charge on any atom is -0.384 e. The van der Waals surface area contributed by atoms with Gasteiger partial charge in [-0.05, 0) is 35.8 Å². The highest BCUT2D eigenvalue weighted by molar-refractivity contribution is 5.91. The normalized spacial score (nSPS) is 20.7. The number of hydrogen-bond donors (Lipinski definition) is 1. The van der Waals surface area contributed by atoms with Gasteiger partial charge in [0, 0.05) is 17.8 Å². The molecule has 2 heterocycles. The minimum atomic E-state index is -0.261. The summed E-state index contributed by atoms with van der Waals surface area (Å²) in [5.41, 5.74) is 10.1. The van der Waals surface area contributed by atoms with E-state index in [9.17, 15) is 0 Å². The number of benzene rings is 1. The largest absolute Gasteiger partial charge is 0.384 e. The number of halogens is 2. The van der Waals surface area contributed by atoms with Gasteiger partial charge >= 0.3 is 0 Å². The van der Waals surface area contributed by atoms with Crippen molar-refractivity contribution in [3.63, 3.8) is 0 Å². The Morgan fingerprint density at radius 3 is 2.74 bits per heavy atom. The number of aliphatic imine (C=N–C) groups is 1. The van der Waals surface area contributed by atoms with Crippen molar-refractivity contribution in [3.05, 3.63) is 71.5 Å². The van der Waals surface area contributed by atoms with Crippen LogP contribution in [0.3, 0.4) is 0 Å². The van der Waals surface area contributed by atoms with Crippen LogP contribution in [-0.4, -0.2) is 11.2 Å². The van der Waals surface area contributed by atoms with E-state index in [1.54, 1.807) is 0 Å². The molecule has 2 aromatic rings. The van der Waals surface area contributed by atoms with Gasteiger partial charge in [-0.2, -0.15) is 0 Å². The highest BCUT2D eigenvalue weighted by atomic mass is 35.5. The maximum Gasteiger partial charge on any atom is 0.124 e. The number of rotatable bonds is 1. The summed E-state index contributed by atoms with van der Waals surface area (Å²) in [4.78, 5) is 8.83. The molecule has 0 amide bonds. The number of pyridine rings is 1. The molecule has 118 valence electrons. The molecule has 0 spiro atoms. The van der Waals surface area contributed by atoms with Crippen LogP contribution < -0.4 is 5.73 Å². The Labute approximate surface area is 147 Å². The van der Waals surface area contributed by atoms with Gasteiger partial charge in [0.2, 0.25) is 0 Å². The molecule has 0 bridgehead atoms. The molecule has 1 aliphatic carbocycles. The van der Waals surface area contributed by atoms with E-state index in [1.165, 1.54) is 11.1 Å². The van der Waals surface area contributed by atoms with Gasteiger partial charge in [0.1, 0.15) is 5.82 Å². The Hall–Kier alpha value is -2.10. The summed E-state index contributed by atoms with van der Waals surface area (Å²) in [6, 6.07) is 8.30. The molecule has 0 saturated carbocycles. The van der Waals surface area contributed by atoms with E-state index in [4.69, 9.17) is 5.73 Å². The molecule has 4 rings (SSSR count). The molecule has 1 aromatic carbocycles. The maximum atomic E-state index is 5.88. The van der Waals surface area contributed by atoms with E-state index in [1.807, 2.05) is 24.6 Å². The Kier molecular flexibility index (Phi) is 4.64. The van der Waals surface area contributed by atoms with Gasteiger partial charge in [-0.25, -0.2) is 4.98 Å². The highest BCUT2D eigenvalue weighted by Crippen LogP contribution is 2.39. The predicted octanol–water partition coefficient (Wildman–Crippen LogP) is 4.30. The smallest absolute Gasteiger partial charge is 0.124 e. The Morgan fingerprint density at radius 1 is 1.09 bits per heavy atom. The summed E-state index contributed by atoms with van der Waals surface area (Å²) >= 11 is 0. The second-order valence-corrected chi connectivity index (χ2v) is 5.55. The summed E-state index contributed by atoms with van der Waals surface area (Å²) in [6.45, 7) is 2.06. The number of aromatic nitrogens is 1. The molecule has 0 saturated heterocycles. The van der Waals surface area contributed by atoms with Crippen molar-refractivity contribution in [1.82, 2.24) is 4.98 Å². The van der Waals surface area contributed by atoms with Crippen molar-refractivity contribution in [2.45, 2.75) is 12.3 Å². The summed E-state index contributed by atoms with van der Waals surface area (Å²) in [6.07, 6.45) is 12.3. The summed E-state index contributed by atoms with van der Waals surface area (Å²) in [5, 5.41) is 1.14. The molecule has 2 N–H and O–H groups in total. The monoisotopic (exact) mass is 345 g/mol. The molecule has 1 atom stereocenters. The van der Waals surface area contributed by atoms with E-state index in [2.05, 4.69) is 53.3 Å². The molecule has 1 unspecified atom stereocenters. The van der Waals surface area contributed by atoms with Crippen molar-refractivity contribution < 1.29 is 0 Å². The quantitative estimate of drug-likeness (QED) is 0.837. The zero-order chi connectivity index (χ0) is 14.4. The standard InChI is InChI=1S/C18H15N3.2ClH/c1-12-8-17(19)21-16-9-13(5-6-15(12)16)18-7-3-2-4-14(18)10-20-11-18;;/h2-11H,1H3,(H2,19,21);2*1H. The SMILES string of the molecule is Cc1cc(N)nc2cc(C34C=CC=CC3=CN=C4)ccc12.Cl.Cl. The summed E-state index contributed by atoms with van der Waals surface area (Å²) in [7, 11) is 0. The predicted molar refractivity (Wildman–Crippen MR) is 102 cm³/mol. The Morgan fingerprint density at radius 2 is 1.91 bits per heavy atom. The van der Waals surface area contributed by atoms with E-state index >= 15 is 0 Å². The van der Waals surface area contributed by atoms with Gasteiger partial charge in [0.25, 0.3) is 0 Å². The van der Waals surface area contributed by atoms with Gasteiger partial charge in [0.05, 0.1) is 10.9 Å². The fraction of sp³-hybridized carbons (Fsp3) is 0.111. The lowest BCUT2D eigenvalue weighted by atomic mass is 9.74. The van der Waals surface area contributed by atoms with E-state index < -0.39 is 0 Å². The van der Waals surface area contributed by atoms with Crippen LogP contribution in [0.15, 0.2) is 65.3 Å². The molecule has 3 nitrogen and oxygen atoms in total. The fourth-order valence-corrected chi connectivity index (χ4v) is 3.13. The van der Waals surface area contributed by atoms with Crippen molar-refractivity contribution in [1.29, 1.82) is 0 Å². The lowest BCUT2D eigenvalue weighted by Crippen LogP contribution is -2.26. The average molecular weight is 346 g/mol. The highest BCUT2D eigenvalue weighted by Gasteiger charge is 2.34. The lowest BCUT2D eigenvalue weighted by molar-refractivity contribution is 0.898. The van der Waals surface area contributed by atoms with Crippen LogP contribution in [-0.2, 0) is 5.41 Å². The van der Waals surface area contributed by atoms with E-state index in [0.29, 0.717) is 5.82 Å². The number of aryl methyl sites for hydroxylation is 1. The third kappa shape index (κ3) is 2.56. The first-order valence-corrected chi connectivity index (χ1v) is 6.97. The van der Waals surface area contributed by atoms with Gasteiger partial charge in [-0.3, -0.25) is 4.99 Å². The summed E-state index contributed by atoms with van der Waals surface area (Å²) < 4.78 is 0. The molecule has 0 fully saturated rings. The molecular weight excluding hydrogens is 329 g/mol. The third-order valence-corrected chi connectivity index (χ3v) is 4.23. The van der Waals surface area contributed by atoms with Crippen LogP contribution in [0.25, 0.3) is 10.9 Å². The summed E-state index contributed by atoms with van der Waals surface area (Å²) in [5.74, 6) is 0.560. The minimum absolute atomic E-state index is 0. The van der Waals surface area contributed by atoms with E-state index in [0.717, 1.165) is 16.5 Å².